The molecule has 6 aromatic heterocycles. The fourth-order valence-corrected chi connectivity index (χ4v) is 9.86. The Bertz CT molecular complexity index is 1800. The third-order valence-electron chi connectivity index (χ3n) is 6.82. The topological polar surface area (TPSA) is 97.6 Å². The molecular formula is C30H31N5OS5. The van der Waals surface area contributed by atoms with Gasteiger partial charge in [-0.25, -0.2) is 15.0 Å². The van der Waals surface area contributed by atoms with Crippen molar-refractivity contribution in [3.05, 3.63) is 58.3 Å². The lowest BCUT2D eigenvalue weighted by molar-refractivity contribution is 0.681. The van der Waals surface area contributed by atoms with Gasteiger partial charge in [-0.2, -0.15) is 0 Å². The van der Waals surface area contributed by atoms with Crippen LogP contribution in [0.3, 0.4) is 0 Å². The molecule has 41 heavy (non-hydrogen) atoms. The summed E-state index contributed by atoms with van der Waals surface area (Å²) in [5.74, 6) is 1.63. The number of unbranched alkanes of at least 4 members (excludes halogenated alkanes) is 2. The highest BCUT2D eigenvalue weighted by atomic mass is 32.2. The van der Waals surface area contributed by atoms with E-state index >= 15 is 0 Å². The van der Waals surface area contributed by atoms with Crippen molar-refractivity contribution < 1.29 is 4.21 Å². The number of thioether (sulfide) groups is 1. The third-order valence-corrected chi connectivity index (χ3v) is 12.6. The quantitative estimate of drug-likeness (QED) is 0.103. The number of rotatable bonds is 12. The molecule has 0 amide bonds. The van der Waals surface area contributed by atoms with Crippen LogP contribution >= 0.6 is 45.8 Å². The Kier molecular flexibility index (Phi) is 8.87. The first-order valence-electron chi connectivity index (χ1n) is 13.8. The summed E-state index contributed by atoms with van der Waals surface area (Å²) in [4.78, 5) is 21.5. The second-order valence-corrected chi connectivity index (χ2v) is 15.5. The highest BCUT2D eigenvalue weighted by Crippen LogP contribution is 2.41. The molecule has 0 aromatic carbocycles. The number of pyridine rings is 2. The summed E-state index contributed by atoms with van der Waals surface area (Å²) >= 11 is 6.56. The summed E-state index contributed by atoms with van der Waals surface area (Å²) in [6.07, 6.45) is 4.81. The fourth-order valence-electron chi connectivity index (χ4n) is 4.71. The Hall–Kier alpha value is -2.57. The number of H-pyrrole nitrogens is 1. The zero-order valence-corrected chi connectivity index (χ0v) is 27.0. The lowest BCUT2D eigenvalue weighted by Gasteiger charge is -2.10. The summed E-state index contributed by atoms with van der Waals surface area (Å²) in [5.41, 5.74) is 13.1. The molecule has 6 nitrogen and oxygen atoms in total. The van der Waals surface area contributed by atoms with Crippen molar-refractivity contribution in [2.75, 3.05) is 17.2 Å². The zero-order chi connectivity index (χ0) is 28.3. The monoisotopic (exact) mass is 637 g/mol. The maximum atomic E-state index is 13.2. The van der Waals surface area contributed by atoms with Crippen LogP contribution in [-0.2, 0) is 17.2 Å². The molecule has 0 saturated heterocycles. The van der Waals surface area contributed by atoms with E-state index in [0.29, 0.717) is 17.9 Å². The number of imidazole rings is 1. The van der Waals surface area contributed by atoms with Gasteiger partial charge in [0.05, 0.1) is 43.1 Å². The van der Waals surface area contributed by atoms with Crippen LogP contribution in [0.1, 0.15) is 50.7 Å². The summed E-state index contributed by atoms with van der Waals surface area (Å²) in [6.45, 7) is 4.31. The molecule has 0 bridgehead atoms. The minimum absolute atomic E-state index is 0.601. The number of anilines is 1. The second-order valence-electron chi connectivity index (χ2n) is 9.79. The van der Waals surface area contributed by atoms with Gasteiger partial charge in [0.25, 0.3) is 0 Å². The summed E-state index contributed by atoms with van der Waals surface area (Å²) < 4.78 is 14.0. The summed E-state index contributed by atoms with van der Waals surface area (Å²) in [7, 11) is -1.14. The van der Waals surface area contributed by atoms with Gasteiger partial charge in [0.15, 0.2) is 10.8 Å². The molecule has 212 valence electrons. The number of aromatic nitrogens is 4. The number of hydrogen-bond acceptors (Lipinski definition) is 9. The molecule has 0 spiro atoms. The van der Waals surface area contributed by atoms with E-state index in [1.54, 1.807) is 34.4 Å². The smallest absolute Gasteiger partial charge is 0.179 e. The zero-order valence-electron chi connectivity index (χ0n) is 22.9. The number of nitrogen functional groups attached to an aromatic ring is 1. The fraction of sp³-hybridized carbons (Fsp3) is 0.300. The SMILES string of the molecule is CCCCSc1nc2nc(-c3cccs3)cc(Cc3cc(-c4cccs4)nc4sc(S(=O)CCCC)c(N)c34)c2[nH]1. The van der Waals surface area contributed by atoms with Crippen molar-refractivity contribution in [1.29, 1.82) is 0 Å². The van der Waals surface area contributed by atoms with Crippen molar-refractivity contribution in [2.45, 2.75) is 55.3 Å². The average molecular weight is 638 g/mol. The molecule has 0 aliphatic carbocycles. The number of nitrogens with one attached hydrogen (secondary N) is 1. The van der Waals surface area contributed by atoms with Crippen molar-refractivity contribution in [3.63, 3.8) is 0 Å². The summed E-state index contributed by atoms with van der Waals surface area (Å²) in [5, 5.41) is 5.95. The number of thiophene rings is 3. The van der Waals surface area contributed by atoms with Crippen molar-refractivity contribution in [1.82, 2.24) is 19.9 Å². The van der Waals surface area contributed by atoms with Crippen molar-refractivity contribution >= 4 is 83.6 Å². The maximum absolute atomic E-state index is 13.2. The average Bonchev–Trinajstić information content (AvgIpc) is 3.78. The number of nitrogens with two attached hydrogens (primary N) is 1. The van der Waals surface area contributed by atoms with E-state index in [4.69, 9.17) is 20.7 Å². The molecular weight excluding hydrogens is 607 g/mol. The van der Waals surface area contributed by atoms with Crippen LogP contribution in [0.4, 0.5) is 5.69 Å². The van der Waals surface area contributed by atoms with Crippen LogP contribution < -0.4 is 5.73 Å². The van der Waals surface area contributed by atoms with Crippen LogP contribution in [0.2, 0.25) is 0 Å². The van der Waals surface area contributed by atoms with Gasteiger partial charge in [-0.1, -0.05) is 50.6 Å². The molecule has 0 radical (unpaired) electrons. The number of hydrogen-bond donors (Lipinski definition) is 2. The van der Waals surface area contributed by atoms with Crippen molar-refractivity contribution in [3.8, 4) is 21.1 Å². The molecule has 6 aromatic rings. The van der Waals surface area contributed by atoms with Gasteiger partial charge >= 0.3 is 0 Å². The first kappa shape index (κ1) is 28.5. The highest BCUT2D eigenvalue weighted by molar-refractivity contribution is 7.99. The molecule has 0 aliphatic heterocycles. The largest absolute Gasteiger partial charge is 0.396 e. The van der Waals surface area contributed by atoms with Gasteiger partial charge in [0, 0.05) is 23.3 Å². The van der Waals surface area contributed by atoms with Gasteiger partial charge in [0.2, 0.25) is 0 Å². The van der Waals surface area contributed by atoms with Crippen LogP contribution in [0.25, 0.3) is 42.5 Å². The van der Waals surface area contributed by atoms with Gasteiger partial charge in [-0.3, -0.25) is 4.21 Å². The molecule has 3 N–H and O–H groups in total. The standard InChI is InChI=1S/C30H31N5OS5/c1-3-5-11-39-30-34-26-19(17-20(32-27(26)35-30)22-9-7-12-37-22)15-18-16-21(23-10-8-13-38-23)33-28-24(18)25(31)29(40-28)41(36)14-6-4-2/h7-10,12-13,16-17H,3-6,11,14-15,31H2,1-2H3,(H,32,34,35). The third kappa shape index (κ3) is 6.01. The van der Waals surface area contributed by atoms with E-state index in [0.717, 1.165) is 94.5 Å². The summed E-state index contributed by atoms with van der Waals surface area (Å²) in [6, 6.07) is 12.6. The molecule has 6 rings (SSSR count). The molecule has 0 saturated carbocycles. The van der Waals surface area contributed by atoms with Gasteiger partial charge in [0.1, 0.15) is 9.04 Å². The van der Waals surface area contributed by atoms with Crippen LogP contribution in [0.15, 0.2) is 56.5 Å². The Morgan fingerprint density at radius 1 is 0.951 bits per heavy atom. The van der Waals surface area contributed by atoms with E-state index in [-0.39, 0.29) is 0 Å². The van der Waals surface area contributed by atoms with Crippen LogP contribution in [0.5, 0.6) is 0 Å². The van der Waals surface area contributed by atoms with Gasteiger partial charge in [-0.05, 0) is 59.0 Å². The first-order chi connectivity index (χ1) is 20.1. The van der Waals surface area contributed by atoms with Gasteiger partial charge in [-0.15, -0.1) is 34.0 Å². The van der Waals surface area contributed by atoms with E-state index in [2.05, 4.69) is 53.9 Å². The van der Waals surface area contributed by atoms with E-state index in [9.17, 15) is 4.21 Å². The normalized spacial score (nSPS) is 12.5. The van der Waals surface area contributed by atoms with E-state index in [1.807, 2.05) is 12.1 Å². The first-order valence-corrected chi connectivity index (χ1v) is 18.6. The predicted octanol–water partition coefficient (Wildman–Crippen LogP) is 9.00. The highest BCUT2D eigenvalue weighted by Gasteiger charge is 2.22. The van der Waals surface area contributed by atoms with Gasteiger partial charge < -0.3 is 10.7 Å². The number of fused-ring (bicyclic) bond motifs is 2. The molecule has 11 heteroatoms. The molecule has 6 heterocycles. The maximum Gasteiger partial charge on any atom is 0.179 e. The van der Waals surface area contributed by atoms with E-state index < -0.39 is 10.8 Å². The molecule has 1 atom stereocenters. The number of aromatic amines is 1. The minimum Gasteiger partial charge on any atom is -0.396 e. The predicted molar refractivity (Wildman–Crippen MR) is 179 cm³/mol. The van der Waals surface area contributed by atoms with E-state index in [1.165, 1.54) is 11.3 Å². The lowest BCUT2D eigenvalue weighted by atomic mass is 10.0. The van der Waals surface area contributed by atoms with Crippen LogP contribution in [-0.4, -0.2) is 35.7 Å². The Balaban J connectivity index is 1.50. The minimum atomic E-state index is -1.14. The Labute approximate surface area is 258 Å². The lowest BCUT2D eigenvalue weighted by Crippen LogP contribution is -2.00. The Morgan fingerprint density at radius 3 is 2.34 bits per heavy atom. The van der Waals surface area contributed by atoms with Crippen molar-refractivity contribution in [2.24, 2.45) is 0 Å². The molecule has 1 unspecified atom stereocenters. The molecule has 0 aliphatic rings. The second kappa shape index (κ2) is 12.7. The molecule has 0 fully saturated rings. The number of nitrogens with zero attached hydrogens (tertiary/aromatic N) is 3. The van der Waals surface area contributed by atoms with Crippen LogP contribution in [0, 0.1) is 0 Å². The Morgan fingerprint density at radius 2 is 1.66 bits per heavy atom.